The molecule has 0 spiro atoms. The van der Waals surface area contributed by atoms with Crippen molar-refractivity contribution in [2.75, 3.05) is 0 Å². The lowest BCUT2D eigenvalue weighted by molar-refractivity contribution is -0.0561. The largest absolute Gasteiger partial charge is 0.327 e. The van der Waals surface area contributed by atoms with Crippen LogP contribution in [0.1, 0.15) is 39.0 Å². The third-order valence-electron chi connectivity index (χ3n) is 4.65. The van der Waals surface area contributed by atoms with Gasteiger partial charge in [-0.3, -0.25) is 0 Å². The van der Waals surface area contributed by atoms with E-state index in [2.05, 4.69) is 6.92 Å². The summed E-state index contributed by atoms with van der Waals surface area (Å²) >= 11 is 0. The lowest BCUT2D eigenvalue weighted by Crippen LogP contribution is -2.55. The zero-order valence-corrected chi connectivity index (χ0v) is 7.92. The Morgan fingerprint density at radius 1 is 1.08 bits per heavy atom. The van der Waals surface area contributed by atoms with Crippen LogP contribution in [0.5, 0.6) is 0 Å². The molecule has 4 bridgehead atoms. The summed E-state index contributed by atoms with van der Waals surface area (Å²) < 4.78 is 0. The molecule has 0 aliphatic heterocycles. The van der Waals surface area contributed by atoms with Gasteiger partial charge in [-0.25, -0.2) is 0 Å². The predicted octanol–water partition coefficient (Wildman–Crippen LogP) is 2.16. The third-order valence-corrected chi connectivity index (χ3v) is 4.65. The molecule has 0 saturated heterocycles. The molecule has 1 nitrogen and oxygen atoms in total. The minimum atomic E-state index is 0.564. The highest BCUT2D eigenvalue weighted by Crippen LogP contribution is 2.59. The first kappa shape index (κ1) is 7.37. The second kappa shape index (κ2) is 2.06. The standard InChI is InChI=1S/C11H19N/c1-11-4-7-2-8(5-11)10(12)9(3-7)6-11/h7-10H,2-6,12H2,1H3/t7?,8-,9+,10?,11?. The summed E-state index contributed by atoms with van der Waals surface area (Å²) in [5.74, 6) is 2.83. The number of hydrogen-bond acceptors (Lipinski definition) is 1. The molecule has 0 radical (unpaired) electrons. The van der Waals surface area contributed by atoms with Crippen molar-refractivity contribution in [3.8, 4) is 0 Å². The van der Waals surface area contributed by atoms with Crippen molar-refractivity contribution in [1.82, 2.24) is 0 Å². The molecule has 1 heteroatoms. The Morgan fingerprint density at radius 2 is 1.67 bits per heavy atom. The molecule has 4 saturated carbocycles. The highest BCUT2D eigenvalue weighted by Gasteiger charge is 2.51. The van der Waals surface area contributed by atoms with Gasteiger partial charge in [-0.05, 0) is 55.3 Å². The number of hydrogen-bond donors (Lipinski definition) is 1. The van der Waals surface area contributed by atoms with E-state index in [1.165, 1.54) is 32.1 Å². The van der Waals surface area contributed by atoms with Crippen LogP contribution in [0.2, 0.25) is 0 Å². The van der Waals surface area contributed by atoms with Gasteiger partial charge in [0.25, 0.3) is 0 Å². The van der Waals surface area contributed by atoms with Crippen molar-refractivity contribution in [3.63, 3.8) is 0 Å². The zero-order chi connectivity index (χ0) is 8.34. The van der Waals surface area contributed by atoms with Crippen molar-refractivity contribution < 1.29 is 0 Å². The SMILES string of the molecule is CC12CC3C[C@H](C1)C(N)[C@@H](C3)C2. The first-order chi connectivity index (χ1) is 5.66. The molecular weight excluding hydrogens is 146 g/mol. The van der Waals surface area contributed by atoms with Crippen molar-refractivity contribution in [1.29, 1.82) is 0 Å². The first-order valence-corrected chi connectivity index (χ1v) is 5.42. The molecule has 4 fully saturated rings. The van der Waals surface area contributed by atoms with Gasteiger partial charge in [0.15, 0.2) is 0 Å². The predicted molar refractivity (Wildman–Crippen MR) is 49.6 cm³/mol. The van der Waals surface area contributed by atoms with Crippen LogP contribution in [0.15, 0.2) is 0 Å². The van der Waals surface area contributed by atoms with Gasteiger partial charge >= 0.3 is 0 Å². The van der Waals surface area contributed by atoms with Gasteiger partial charge in [-0.2, -0.15) is 0 Å². The van der Waals surface area contributed by atoms with Crippen molar-refractivity contribution >= 4 is 0 Å². The minimum absolute atomic E-state index is 0.564. The van der Waals surface area contributed by atoms with Crippen LogP contribution in [-0.2, 0) is 0 Å². The average molecular weight is 165 g/mol. The molecule has 0 heterocycles. The maximum absolute atomic E-state index is 6.23. The molecule has 0 aromatic heterocycles. The molecule has 4 rings (SSSR count). The maximum Gasteiger partial charge on any atom is 0.00962 e. The van der Waals surface area contributed by atoms with E-state index in [0.717, 1.165) is 17.8 Å². The van der Waals surface area contributed by atoms with Gasteiger partial charge in [0.2, 0.25) is 0 Å². The Bertz CT molecular complexity index is 195. The summed E-state index contributed by atoms with van der Waals surface area (Å²) in [5.41, 5.74) is 6.93. The molecule has 4 aliphatic rings. The Labute approximate surface area is 74.7 Å². The van der Waals surface area contributed by atoms with E-state index in [1.807, 2.05) is 0 Å². The van der Waals surface area contributed by atoms with Crippen LogP contribution in [0, 0.1) is 23.2 Å². The van der Waals surface area contributed by atoms with Gasteiger partial charge in [0, 0.05) is 6.04 Å². The van der Waals surface area contributed by atoms with Crippen LogP contribution in [0.3, 0.4) is 0 Å². The second-order valence-electron chi connectivity index (χ2n) is 5.86. The van der Waals surface area contributed by atoms with Gasteiger partial charge in [0.05, 0.1) is 0 Å². The summed E-state index contributed by atoms with van der Waals surface area (Å²) in [6.45, 7) is 2.49. The Hall–Kier alpha value is -0.0400. The molecule has 68 valence electrons. The van der Waals surface area contributed by atoms with Gasteiger partial charge < -0.3 is 5.73 Å². The normalized spacial score (nSPS) is 62.5. The van der Waals surface area contributed by atoms with Crippen LogP contribution >= 0.6 is 0 Å². The molecule has 0 amide bonds. The van der Waals surface area contributed by atoms with E-state index < -0.39 is 0 Å². The zero-order valence-electron chi connectivity index (χ0n) is 7.92. The second-order valence-corrected chi connectivity index (χ2v) is 5.86. The lowest BCUT2D eigenvalue weighted by atomic mass is 9.49. The van der Waals surface area contributed by atoms with Crippen molar-refractivity contribution in [3.05, 3.63) is 0 Å². The molecule has 5 atom stereocenters. The molecule has 3 unspecified atom stereocenters. The fourth-order valence-corrected chi connectivity index (χ4v) is 4.47. The summed E-state index contributed by atoms with van der Waals surface area (Å²) in [6, 6.07) is 0.564. The molecule has 12 heavy (non-hydrogen) atoms. The average Bonchev–Trinajstić information content (AvgIpc) is 1.96. The van der Waals surface area contributed by atoms with Crippen LogP contribution in [0.25, 0.3) is 0 Å². The summed E-state index contributed by atoms with van der Waals surface area (Å²) in [4.78, 5) is 0. The van der Waals surface area contributed by atoms with Crippen LogP contribution in [0.4, 0.5) is 0 Å². The van der Waals surface area contributed by atoms with E-state index in [1.54, 1.807) is 0 Å². The first-order valence-electron chi connectivity index (χ1n) is 5.42. The number of rotatable bonds is 0. The minimum Gasteiger partial charge on any atom is -0.327 e. The van der Waals surface area contributed by atoms with Gasteiger partial charge in [-0.15, -0.1) is 0 Å². The third kappa shape index (κ3) is 0.834. The van der Waals surface area contributed by atoms with E-state index >= 15 is 0 Å². The van der Waals surface area contributed by atoms with E-state index in [-0.39, 0.29) is 0 Å². The van der Waals surface area contributed by atoms with E-state index in [4.69, 9.17) is 5.73 Å². The molecule has 0 aromatic rings. The molecule has 0 aromatic carbocycles. The number of nitrogens with two attached hydrogens (primary N) is 1. The Kier molecular flexibility index (Phi) is 1.27. The highest BCUT2D eigenvalue weighted by atomic mass is 14.7. The summed E-state index contributed by atoms with van der Waals surface area (Å²) in [7, 11) is 0. The lowest BCUT2D eigenvalue weighted by Gasteiger charge is -2.58. The van der Waals surface area contributed by atoms with Crippen LogP contribution < -0.4 is 5.73 Å². The summed E-state index contributed by atoms with van der Waals surface area (Å²) in [6.07, 6.45) is 7.27. The Balaban J connectivity index is 1.95. The molecule has 4 aliphatic carbocycles. The van der Waals surface area contributed by atoms with Gasteiger partial charge in [-0.1, -0.05) is 6.92 Å². The van der Waals surface area contributed by atoms with Crippen molar-refractivity contribution in [2.24, 2.45) is 28.9 Å². The van der Waals surface area contributed by atoms with Crippen LogP contribution in [-0.4, -0.2) is 6.04 Å². The smallest absolute Gasteiger partial charge is 0.00962 e. The quantitative estimate of drug-likeness (QED) is 0.585. The fraction of sp³-hybridized carbons (Fsp3) is 1.00. The summed E-state index contributed by atoms with van der Waals surface area (Å²) in [5, 5.41) is 0. The Morgan fingerprint density at radius 3 is 2.17 bits per heavy atom. The molecular formula is C11H19N. The molecule has 2 N–H and O–H groups in total. The van der Waals surface area contributed by atoms with E-state index in [9.17, 15) is 0 Å². The van der Waals surface area contributed by atoms with Crippen molar-refractivity contribution in [2.45, 2.75) is 45.1 Å². The highest BCUT2D eigenvalue weighted by molar-refractivity contribution is 5.04. The topological polar surface area (TPSA) is 26.0 Å². The van der Waals surface area contributed by atoms with Gasteiger partial charge in [0.1, 0.15) is 0 Å². The maximum atomic E-state index is 6.23. The van der Waals surface area contributed by atoms with E-state index in [0.29, 0.717) is 11.5 Å². The monoisotopic (exact) mass is 165 g/mol. The fourth-order valence-electron chi connectivity index (χ4n) is 4.47.